The highest BCUT2D eigenvalue weighted by atomic mass is 16.5. The molecule has 3 heterocycles. The van der Waals surface area contributed by atoms with Gasteiger partial charge in [0, 0.05) is 24.6 Å². The van der Waals surface area contributed by atoms with Crippen molar-refractivity contribution in [3.8, 4) is 17.3 Å². The number of phenols is 2. The first-order chi connectivity index (χ1) is 12.8. The molecular formula is C18H15N3O6. The largest absolute Gasteiger partial charge is 0.504 e. The highest BCUT2D eigenvalue weighted by Gasteiger charge is 2.35. The Morgan fingerprint density at radius 3 is 2.70 bits per heavy atom. The Morgan fingerprint density at radius 1 is 1.30 bits per heavy atom. The summed E-state index contributed by atoms with van der Waals surface area (Å²) in [6.07, 6.45) is 1.42. The van der Waals surface area contributed by atoms with Crippen molar-refractivity contribution >= 4 is 17.6 Å². The van der Waals surface area contributed by atoms with Crippen LogP contribution < -0.4 is 5.32 Å². The SMILES string of the molecule is Cc1cc(-n2cc(C(=O)O)c3c2[C@H](c2ccc(O)c(O)c2)CC(=O)N3)no1. The fraction of sp³-hybridized carbons (Fsp3) is 0.167. The molecule has 1 amide bonds. The van der Waals surface area contributed by atoms with E-state index in [1.165, 1.54) is 18.3 Å². The van der Waals surface area contributed by atoms with Crippen LogP contribution >= 0.6 is 0 Å². The molecule has 9 heteroatoms. The Bertz CT molecular complexity index is 1080. The first-order valence-electron chi connectivity index (χ1n) is 8.09. The molecule has 0 aliphatic carbocycles. The zero-order chi connectivity index (χ0) is 19.3. The van der Waals surface area contributed by atoms with E-state index in [1.54, 1.807) is 23.6 Å². The van der Waals surface area contributed by atoms with Crippen molar-refractivity contribution in [3.63, 3.8) is 0 Å². The third kappa shape index (κ3) is 2.69. The van der Waals surface area contributed by atoms with Gasteiger partial charge in [-0.25, -0.2) is 4.79 Å². The Labute approximate surface area is 152 Å². The highest BCUT2D eigenvalue weighted by molar-refractivity contribution is 6.04. The average molecular weight is 369 g/mol. The van der Waals surface area contributed by atoms with Gasteiger partial charge < -0.3 is 25.2 Å². The van der Waals surface area contributed by atoms with Gasteiger partial charge in [-0.2, -0.15) is 0 Å². The molecule has 1 aliphatic heterocycles. The monoisotopic (exact) mass is 369 g/mol. The van der Waals surface area contributed by atoms with Crippen LogP contribution in [-0.4, -0.2) is 36.9 Å². The van der Waals surface area contributed by atoms with E-state index in [1.807, 2.05) is 0 Å². The standard InChI is InChI=1S/C18H15N3O6/c1-8-4-14(20-27-8)21-7-11(18(25)26)16-17(21)10(6-15(24)19-16)9-2-3-12(22)13(23)5-9/h2-5,7,10,22-23H,6H2,1H3,(H,19,24)(H,25,26)/t10-/m0/s1. The van der Waals surface area contributed by atoms with Crippen molar-refractivity contribution in [2.24, 2.45) is 0 Å². The van der Waals surface area contributed by atoms with Crippen molar-refractivity contribution in [1.82, 2.24) is 9.72 Å². The summed E-state index contributed by atoms with van der Waals surface area (Å²) in [4.78, 5) is 23.9. The summed E-state index contributed by atoms with van der Waals surface area (Å²) < 4.78 is 6.66. The second kappa shape index (κ2) is 5.90. The number of anilines is 1. The molecule has 0 bridgehead atoms. The van der Waals surface area contributed by atoms with Crippen LogP contribution in [0.5, 0.6) is 11.5 Å². The Kier molecular flexibility index (Phi) is 3.65. The number of rotatable bonds is 3. The van der Waals surface area contributed by atoms with Gasteiger partial charge >= 0.3 is 5.97 Å². The van der Waals surface area contributed by atoms with Crippen LogP contribution in [0.3, 0.4) is 0 Å². The summed E-state index contributed by atoms with van der Waals surface area (Å²) in [7, 11) is 0. The number of carbonyl (C=O) groups is 2. The van der Waals surface area contributed by atoms with E-state index in [4.69, 9.17) is 4.52 Å². The molecule has 1 aliphatic rings. The van der Waals surface area contributed by atoms with Gasteiger partial charge in [0.05, 0.1) is 11.4 Å². The molecule has 0 unspecified atom stereocenters. The van der Waals surface area contributed by atoms with E-state index in [9.17, 15) is 24.9 Å². The lowest BCUT2D eigenvalue weighted by Crippen LogP contribution is -2.25. The van der Waals surface area contributed by atoms with E-state index >= 15 is 0 Å². The number of aromatic carboxylic acids is 1. The number of carboxylic acid groups (broad SMARTS) is 1. The number of carbonyl (C=O) groups excluding carboxylic acids is 1. The number of nitrogens with one attached hydrogen (secondary N) is 1. The highest BCUT2D eigenvalue weighted by Crippen LogP contribution is 2.43. The van der Waals surface area contributed by atoms with Crippen molar-refractivity contribution in [1.29, 1.82) is 0 Å². The van der Waals surface area contributed by atoms with Crippen LogP contribution in [0.25, 0.3) is 5.82 Å². The van der Waals surface area contributed by atoms with Gasteiger partial charge in [-0.1, -0.05) is 11.2 Å². The molecule has 1 aromatic carbocycles. The van der Waals surface area contributed by atoms with Crippen molar-refractivity contribution in [3.05, 3.63) is 53.0 Å². The number of aromatic hydroxyl groups is 2. The molecule has 9 nitrogen and oxygen atoms in total. The van der Waals surface area contributed by atoms with Gasteiger partial charge in [-0.15, -0.1) is 0 Å². The zero-order valence-corrected chi connectivity index (χ0v) is 14.1. The Hall–Kier alpha value is -3.75. The number of aromatic nitrogens is 2. The lowest BCUT2D eigenvalue weighted by molar-refractivity contribution is -0.116. The smallest absolute Gasteiger partial charge is 0.339 e. The molecule has 0 fully saturated rings. The molecule has 2 aromatic heterocycles. The number of hydrogen-bond donors (Lipinski definition) is 4. The summed E-state index contributed by atoms with van der Waals surface area (Å²) in [5, 5.41) is 35.5. The predicted molar refractivity (Wildman–Crippen MR) is 92.4 cm³/mol. The number of benzene rings is 1. The molecule has 27 heavy (non-hydrogen) atoms. The lowest BCUT2D eigenvalue weighted by atomic mass is 9.88. The molecule has 0 saturated heterocycles. The lowest BCUT2D eigenvalue weighted by Gasteiger charge is -2.25. The molecule has 0 saturated carbocycles. The van der Waals surface area contributed by atoms with Crippen molar-refractivity contribution in [2.45, 2.75) is 19.3 Å². The molecule has 0 spiro atoms. The number of aryl methyl sites for hydroxylation is 1. The first-order valence-corrected chi connectivity index (χ1v) is 8.09. The molecule has 138 valence electrons. The third-order valence-corrected chi connectivity index (χ3v) is 4.52. The Balaban J connectivity index is 1.97. The quantitative estimate of drug-likeness (QED) is 0.520. The van der Waals surface area contributed by atoms with E-state index in [0.29, 0.717) is 22.8 Å². The van der Waals surface area contributed by atoms with Gasteiger partial charge in [0.15, 0.2) is 17.3 Å². The minimum Gasteiger partial charge on any atom is -0.504 e. The normalized spacial score (nSPS) is 16.0. The van der Waals surface area contributed by atoms with Crippen molar-refractivity contribution < 1.29 is 29.4 Å². The molecule has 1 atom stereocenters. The zero-order valence-electron chi connectivity index (χ0n) is 14.1. The van der Waals surface area contributed by atoms with Gasteiger partial charge in [-0.3, -0.25) is 9.36 Å². The van der Waals surface area contributed by atoms with E-state index in [2.05, 4.69) is 10.5 Å². The summed E-state index contributed by atoms with van der Waals surface area (Å²) in [5.41, 5.74) is 1.16. The molecule has 0 radical (unpaired) electrons. The van der Waals surface area contributed by atoms with Crippen LogP contribution in [0.4, 0.5) is 5.69 Å². The van der Waals surface area contributed by atoms with E-state index < -0.39 is 11.9 Å². The first kappa shape index (κ1) is 16.7. The number of carboxylic acids is 1. The Morgan fingerprint density at radius 2 is 2.07 bits per heavy atom. The van der Waals surface area contributed by atoms with Gasteiger partial charge in [0.2, 0.25) is 5.91 Å². The third-order valence-electron chi connectivity index (χ3n) is 4.52. The number of fused-ring (bicyclic) bond motifs is 1. The fourth-order valence-corrected chi connectivity index (χ4v) is 3.32. The maximum Gasteiger partial charge on any atom is 0.339 e. The van der Waals surface area contributed by atoms with Crippen LogP contribution in [-0.2, 0) is 4.79 Å². The topological polar surface area (TPSA) is 138 Å². The van der Waals surface area contributed by atoms with Gasteiger partial charge in [-0.05, 0) is 24.6 Å². The van der Waals surface area contributed by atoms with Crippen LogP contribution in [0, 0.1) is 6.92 Å². The molecule has 4 N–H and O–H groups in total. The minimum atomic E-state index is -1.19. The van der Waals surface area contributed by atoms with Crippen LogP contribution in [0.1, 0.15) is 39.7 Å². The average Bonchev–Trinajstić information content (AvgIpc) is 3.20. The molecule has 3 aromatic rings. The summed E-state index contributed by atoms with van der Waals surface area (Å²) in [6.45, 7) is 1.71. The van der Waals surface area contributed by atoms with Crippen LogP contribution in [0.15, 0.2) is 35.0 Å². The number of nitrogens with zero attached hydrogens (tertiary/aromatic N) is 2. The van der Waals surface area contributed by atoms with Crippen LogP contribution in [0.2, 0.25) is 0 Å². The van der Waals surface area contributed by atoms with E-state index in [0.717, 1.165) is 0 Å². The maximum absolute atomic E-state index is 12.2. The minimum absolute atomic E-state index is 0.0388. The summed E-state index contributed by atoms with van der Waals surface area (Å²) in [5.74, 6) is -1.79. The molecular weight excluding hydrogens is 354 g/mol. The predicted octanol–water partition coefficient (Wildman–Crippen LogP) is 2.36. The fourth-order valence-electron chi connectivity index (χ4n) is 3.32. The molecule has 4 rings (SSSR count). The van der Waals surface area contributed by atoms with E-state index in [-0.39, 0.29) is 35.1 Å². The van der Waals surface area contributed by atoms with Crippen molar-refractivity contribution in [2.75, 3.05) is 5.32 Å². The second-order valence-electron chi connectivity index (χ2n) is 6.33. The van der Waals surface area contributed by atoms with Gasteiger partial charge in [0.1, 0.15) is 11.3 Å². The maximum atomic E-state index is 12.2. The number of phenolic OH excluding ortho intramolecular Hbond substituents is 2. The summed E-state index contributed by atoms with van der Waals surface area (Å²) in [6, 6.07) is 5.90. The second-order valence-corrected chi connectivity index (χ2v) is 6.33. The van der Waals surface area contributed by atoms with Gasteiger partial charge in [0.25, 0.3) is 0 Å². The number of hydrogen-bond acceptors (Lipinski definition) is 6. The number of amides is 1. The summed E-state index contributed by atoms with van der Waals surface area (Å²) >= 11 is 0.